The Kier molecular flexibility index (Phi) is 9.83. The van der Waals surface area contributed by atoms with E-state index in [0.29, 0.717) is 35.5 Å². The van der Waals surface area contributed by atoms with Crippen molar-refractivity contribution in [1.29, 1.82) is 0 Å². The van der Waals surface area contributed by atoms with Crippen molar-refractivity contribution in [3.63, 3.8) is 0 Å². The molecule has 8 aliphatic rings. The Morgan fingerprint density at radius 1 is 0.824 bits per heavy atom. The molecule has 21 atom stereocenters. The number of aliphatic hydroxyl groups excluding tert-OH is 6. The average Bonchev–Trinajstić information content (AvgIpc) is 3.56. The second-order valence-electron chi connectivity index (χ2n) is 18.3. The summed E-state index contributed by atoms with van der Waals surface area (Å²) in [5.74, 6) is 2.99. The van der Waals surface area contributed by atoms with Crippen molar-refractivity contribution in [3.8, 4) is 0 Å². The number of rotatable bonds is 5. The Morgan fingerprint density at radius 3 is 2.29 bits per heavy atom. The summed E-state index contributed by atoms with van der Waals surface area (Å²) in [5, 5.41) is 63.1. The highest BCUT2D eigenvalue weighted by molar-refractivity contribution is 5.26. The summed E-state index contributed by atoms with van der Waals surface area (Å²) in [5.41, 5.74) is 1.75. The minimum atomic E-state index is -1.61. The maximum absolute atomic E-state index is 11.1. The molecule has 6 N–H and O–H groups in total. The maximum atomic E-state index is 11.1. The first-order valence-electron chi connectivity index (χ1n) is 19.8. The van der Waals surface area contributed by atoms with E-state index in [1.165, 1.54) is 31.8 Å². The van der Waals surface area contributed by atoms with Crippen molar-refractivity contribution < 1.29 is 59.1 Å². The van der Waals surface area contributed by atoms with Crippen LogP contribution in [0.15, 0.2) is 11.6 Å². The minimum absolute atomic E-state index is 0.0757. The fourth-order valence-electron chi connectivity index (χ4n) is 12.6. The third-order valence-corrected chi connectivity index (χ3v) is 15.6. The van der Waals surface area contributed by atoms with Crippen LogP contribution in [0.5, 0.6) is 0 Å². The van der Waals surface area contributed by atoms with Crippen LogP contribution >= 0.6 is 0 Å². The van der Waals surface area contributed by atoms with E-state index in [-0.39, 0.29) is 23.0 Å². The molecule has 8 unspecified atom stereocenters. The van der Waals surface area contributed by atoms with Crippen LogP contribution in [0, 0.1) is 46.3 Å². The zero-order valence-electron chi connectivity index (χ0n) is 30.9. The Bertz CT molecular complexity index is 1300. The molecule has 4 saturated heterocycles. The molecule has 290 valence electrons. The van der Waals surface area contributed by atoms with Gasteiger partial charge in [-0.2, -0.15) is 0 Å². The highest BCUT2D eigenvalue weighted by Gasteiger charge is 2.68. The Morgan fingerprint density at radius 2 is 1.57 bits per heavy atom. The van der Waals surface area contributed by atoms with E-state index in [9.17, 15) is 30.6 Å². The first-order chi connectivity index (χ1) is 24.2. The summed E-state index contributed by atoms with van der Waals surface area (Å²) >= 11 is 0. The molecule has 4 aliphatic carbocycles. The first kappa shape index (κ1) is 37.2. The zero-order chi connectivity index (χ0) is 36.2. The predicted molar refractivity (Wildman–Crippen MR) is 182 cm³/mol. The van der Waals surface area contributed by atoms with Gasteiger partial charge < -0.3 is 59.1 Å². The van der Waals surface area contributed by atoms with Crippen LogP contribution in [-0.2, 0) is 28.4 Å². The smallest absolute Gasteiger partial charge is 0.187 e. The van der Waals surface area contributed by atoms with Crippen molar-refractivity contribution in [2.24, 2.45) is 46.3 Å². The molecular weight excluding hydrogens is 660 g/mol. The van der Waals surface area contributed by atoms with Crippen molar-refractivity contribution in [2.45, 2.75) is 172 Å². The molecule has 0 aromatic rings. The Hall–Kier alpha value is -0.740. The molecule has 3 saturated carbocycles. The lowest BCUT2D eigenvalue weighted by Gasteiger charge is -2.58. The molecule has 12 nitrogen and oxygen atoms in total. The monoisotopic (exact) mass is 722 g/mol. The SMILES string of the molecule is CC1CCC2(OC1)OC1CC3C4CC=C5C[C@@H](O[C@@H]6O[C@H](CO)[C@@H](O[C@@H]7O[C@H](C)[C@@H](O)[C@@H](O)[C@H]7O)[C@@H](O)[C@H]6O)CC[C@]5(C)C4CC[C@]3(C)C1C2C. The number of hydrogen-bond donors (Lipinski definition) is 6. The molecule has 4 heterocycles. The maximum Gasteiger partial charge on any atom is 0.187 e. The lowest BCUT2D eigenvalue weighted by molar-refractivity contribution is -0.360. The summed E-state index contributed by atoms with van der Waals surface area (Å²) in [6, 6.07) is 0. The minimum Gasteiger partial charge on any atom is -0.394 e. The molecule has 12 heteroatoms. The molecule has 0 amide bonds. The number of ether oxygens (including phenoxy) is 6. The lowest BCUT2D eigenvalue weighted by Crippen LogP contribution is -2.64. The zero-order valence-corrected chi connectivity index (χ0v) is 30.9. The van der Waals surface area contributed by atoms with E-state index in [4.69, 9.17) is 28.4 Å². The normalized spacial score (nSPS) is 58.4. The van der Waals surface area contributed by atoms with Gasteiger partial charge in [0.1, 0.15) is 42.7 Å². The van der Waals surface area contributed by atoms with E-state index < -0.39 is 73.8 Å². The highest BCUT2D eigenvalue weighted by Crippen LogP contribution is 2.70. The van der Waals surface area contributed by atoms with Gasteiger partial charge in [0.2, 0.25) is 0 Å². The van der Waals surface area contributed by atoms with Crippen molar-refractivity contribution >= 4 is 0 Å². The average molecular weight is 723 g/mol. The van der Waals surface area contributed by atoms with E-state index >= 15 is 0 Å². The molecule has 0 aromatic carbocycles. The fourth-order valence-corrected chi connectivity index (χ4v) is 12.6. The number of aliphatic hydroxyl groups is 6. The fraction of sp³-hybridized carbons (Fsp3) is 0.949. The third-order valence-electron chi connectivity index (χ3n) is 15.6. The van der Waals surface area contributed by atoms with Crippen LogP contribution in [0.25, 0.3) is 0 Å². The van der Waals surface area contributed by atoms with Gasteiger partial charge in [0.05, 0.1) is 31.5 Å². The quantitative estimate of drug-likeness (QED) is 0.229. The molecule has 1 spiro atoms. The topological polar surface area (TPSA) is 177 Å². The van der Waals surface area contributed by atoms with E-state index in [2.05, 4.69) is 33.8 Å². The second-order valence-corrected chi connectivity index (χ2v) is 18.3. The van der Waals surface area contributed by atoms with Crippen LogP contribution in [0.4, 0.5) is 0 Å². The highest BCUT2D eigenvalue weighted by atomic mass is 16.7. The summed E-state index contributed by atoms with van der Waals surface area (Å²) in [7, 11) is 0. The van der Waals surface area contributed by atoms with E-state index in [1.54, 1.807) is 0 Å². The second kappa shape index (κ2) is 13.5. The molecule has 8 rings (SSSR count). The van der Waals surface area contributed by atoms with Gasteiger partial charge >= 0.3 is 0 Å². The molecule has 0 radical (unpaired) electrons. The Labute approximate surface area is 301 Å². The number of allylic oxidation sites excluding steroid dienone is 1. The molecule has 4 aliphatic heterocycles. The van der Waals surface area contributed by atoms with Gasteiger partial charge in [-0.1, -0.05) is 39.3 Å². The van der Waals surface area contributed by atoms with E-state index in [1.807, 2.05) is 0 Å². The van der Waals surface area contributed by atoms with Crippen LogP contribution in [0.1, 0.15) is 92.4 Å². The largest absolute Gasteiger partial charge is 0.394 e. The number of hydrogen-bond acceptors (Lipinski definition) is 12. The van der Waals surface area contributed by atoms with Crippen LogP contribution in [0.3, 0.4) is 0 Å². The van der Waals surface area contributed by atoms with Crippen molar-refractivity contribution in [3.05, 3.63) is 11.6 Å². The summed E-state index contributed by atoms with van der Waals surface area (Å²) in [6.07, 6.45) is -1.53. The van der Waals surface area contributed by atoms with Gasteiger partial charge in [-0.15, -0.1) is 0 Å². The summed E-state index contributed by atoms with van der Waals surface area (Å²) in [4.78, 5) is 0. The Balaban J connectivity index is 0.915. The summed E-state index contributed by atoms with van der Waals surface area (Å²) < 4.78 is 37.1. The van der Waals surface area contributed by atoms with Gasteiger partial charge in [-0.25, -0.2) is 0 Å². The third kappa shape index (κ3) is 5.84. The van der Waals surface area contributed by atoms with Gasteiger partial charge in [0, 0.05) is 12.3 Å². The van der Waals surface area contributed by atoms with Gasteiger partial charge in [-0.05, 0) is 98.7 Å². The first-order valence-corrected chi connectivity index (χ1v) is 19.8. The predicted octanol–water partition coefficient (Wildman–Crippen LogP) is 2.39. The number of fused-ring (bicyclic) bond motifs is 7. The summed E-state index contributed by atoms with van der Waals surface area (Å²) in [6.45, 7) is 11.5. The van der Waals surface area contributed by atoms with Crippen LogP contribution < -0.4 is 0 Å². The standard InChI is InChI=1S/C39H62O12/c1-18-8-13-39(46-17-18)19(2)28-26(51-39)15-25-23-7-6-21-14-22(9-11-37(21,4)24(23)10-12-38(25,28)5)48-36-33(45)31(43)34(27(16-40)49-36)50-35-32(44)30(42)29(41)20(3)47-35/h6,18-20,22-36,40-45H,7-17H2,1-5H3/t18?,19?,20-,22+,23?,24?,25?,26?,27-,28?,29-,30-,31+,32-,33-,34-,35+,36-,37+,38+,39?/m1/s1. The van der Waals surface area contributed by atoms with Gasteiger partial charge in [0.25, 0.3) is 0 Å². The van der Waals surface area contributed by atoms with Crippen molar-refractivity contribution in [1.82, 2.24) is 0 Å². The van der Waals surface area contributed by atoms with Gasteiger partial charge in [0.15, 0.2) is 18.4 Å². The molecule has 0 aromatic heterocycles. The van der Waals surface area contributed by atoms with Crippen LogP contribution in [0.2, 0.25) is 0 Å². The van der Waals surface area contributed by atoms with E-state index in [0.717, 1.165) is 45.1 Å². The molecule has 0 bridgehead atoms. The molecular formula is C39H62O12. The lowest BCUT2D eigenvalue weighted by atomic mass is 9.47. The van der Waals surface area contributed by atoms with Crippen LogP contribution in [-0.4, -0.2) is 123 Å². The molecule has 51 heavy (non-hydrogen) atoms. The molecule has 7 fully saturated rings. The van der Waals surface area contributed by atoms with Gasteiger partial charge in [-0.3, -0.25) is 0 Å². The van der Waals surface area contributed by atoms with Crippen molar-refractivity contribution in [2.75, 3.05) is 13.2 Å².